The van der Waals surface area contributed by atoms with E-state index < -0.39 is 0 Å². The van der Waals surface area contributed by atoms with Crippen LogP contribution in [0.1, 0.15) is 16.7 Å². The smallest absolute Gasteiger partial charge is 0.0417 e. The fraction of sp³-hybridized carbons (Fsp3) is 0.200. The Morgan fingerprint density at radius 2 is 2.00 bits per heavy atom. The number of hydrogen-bond acceptors (Lipinski definition) is 1. The zero-order valence-electron chi connectivity index (χ0n) is 7.02. The molecular weight excluding hydrogens is 134 g/mol. The number of rotatable bonds is 1. The third-order valence-electron chi connectivity index (χ3n) is 1.78. The zero-order chi connectivity index (χ0) is 8.43. The summed E-state index contributed by atoms with van der Waals surface area (Å²) >= 11 is 0. The molecule has 0 atom stereocenters. The molecule has 0 saturated heterocycles. The quantitative estimate of drug-likeness (QED) is 0.607. The molecule has 1 nitrogen and oxygen atoms in total. The van der Waals surface area contributed by atoms with Crippen molar-refractivity contribution in [3.05, 3.63) is 35.4 Å². The average molecular weight is 147 g/mol. The molecule has 58 valence electrons. The van der Waals surface area contributed by atoms with Gasteiger partial charge in [0, 0.05) is 5.69 Å². The standard InChI is InChI=1S/C10H13N/c1-4-9-6-7(2)5-8(3)10(9)11/h4-6H,1,11H2,2-3H3. The summed E-state index contributed by atoms with van der Waals surface area (Å²) in [6.07, 6.45) is 1.79. The molecule has 0 aliphatic carbocycles. The van der Waals surface area contributed by atoms with Crippen LogP contribution in [0.25, 0.3) is 6.08 Å². The second kappa shape index (κ2) is 2.79. The lowest BCUT2D eigenvalue weighted by Gasteiger charge is -2.05. The predicted molar refractivity (Wildman–Crippen MR) is 50.4 cm³/mol. The molecule has 1 aromatic carbocycles. The number of nitrogen functional groups attached to an aromatic ring is 1. The van der Waals surface area contributed by atoms with E-state index in [4.69, 9.17) is 5.73 Å². The molecule has 11 heavy (non-hydrogen) atoms. The number of hydrogen-bond donors (Lipinski definition) is 1. The molecule has 0 spiro atoms. The van der Waals surface area contributed by atoms with Crippen LogP contribution in [0, 0.1) is 13.8 Å². The third kappa shape index (κ3) is 1.43. The molecule has 0 radical (unpaired) electrons. The number of benzene rings is 1. The molecule has 0 amide bonds. The van der Waals surface area contributed by atoms with E-state index in [0.717, 1.165) is 16.8 Å². The van der Waals surface area contributed by atoms with Crippen LogP contribution < -0.4 is 5.73 Å². The van der Waals surface area contributed by atoms with Gasteiger partial charge in [0.15, 0.2) is 0 Å². The van der Waals surface area contributed by atoms with Gasteiger partial charge in [-0.15, -0.1) is 0 Å². The Labute approximate surface area is 67.5 Å². The summed E-state index contributed by atoms with van der Waals surface area (Å²) in [6, 6.07) is 4.11. The van der Waals surface area contributed by atoms with Crippen LogP contribution in [0.4, 0.5) is 5.69 Å². The van der Waals surface area contributed by atoms with Crippen molar-refractivity contribution in [2.75, 3.05) is 5.73 Å². The van der Waals surface area contributed by atoms with Crippen molar-refractivity contribution in [1.82, 2.24) is 0 Å². The molecule has 0 aromatic heterocycles. The van der Waals surface area contributed by atoms with Gasteiger partial charge in [0.25, 0.3) is 0 Å². The molecule has 1 rings (SSSR count). The molecule has 0 unspecified atom stereocenters. The van der Waals surface area contributed by atoms with Crippen molar-refractivity contribution in [2.24, 2.45) is 0 Å². The molecule has 2 N–H and O–H groups in total. The van der Waals surface area contributed by atoms with Gasteiger partial charge in [0.1, 0.15) is 0 Å². The highest BCUT2D eigenvalue weighted by Crippen LogP contribution is 2.19. The summed E-state index contributed by atoms with van der Waals surface area (Å²) in [6.45, 7) is 7.76. The van der Waals surface area contributed by atoms with Crippen LogP contribution in [-0.2, 0) is 0 Å². The maximum absolute atomic E-state index is 5.79. The molecule has 1 heteroatoms. The van der Waals surface area contributed by atoms with Gasteiger partial charge in [-0.3, -0.25) is 0 Å². The van der Waals surface area contributed by atoms with Gasteiger partial charge in [-0.05, 0) is 31.0 Å². The van der Waals surface area contributed by atoms with Gasteiger partial charge in [0.05, 0.1) is 0 Å². The predicted octanol–water partition coefficient (Wildman–Crippen LogP) is 2.53. The second-order valence-electron chi connectivity index (χ2n) is 2.79. The third-order valence-corrected chi connectivity index (χ3v) is 1.78. The van der Waals surface area contributed by atoms with Gasteiger partial charge in [-0.1, -0.05) is 24.3 Å². The van der Waals surface area contributed by atoms with E-state index in [1.807, 2.05) is 13.0 Å². The van der Waals surface area contributed by atoms with Crippen molar-refractivity contribution < 1.29 is 0 Å². The van der Waals surface area contributed by atoms with E-state index in [1.54, 1.807) is 6.08 Å². The second-order valence-corrected chi connectivity index (χ2v) is 2.79. The van der Waals surface area contributed by atoms with Crippen molar-refractivity contribution >= 4 is 11.8 Å². The molecule has 0 saturated carbocycles. The fourth-order valence-electron chi connectivity index (χ4n) is 1.18. The topological polar surface area (TPSA) is 26.0 Å². The lowest BCUT2D eigenvalue weighted by molar-refractivity contribution is 1.38. The van der Waals surface area contributed by atoms with Crippen LogP contribution >= 0.6 is 0 Å². The van der Waals surface area contributed by atoms with Crippen LogP contribution in [0.2, 0.25) is 0 Å². The maximum atomic E-state index is 5.79. The minimum absolute atomic E-state index is 0.839. The van der Waals surface area contributed by atoms with Gasteiger partial charge < -0.3 is 5.73 Å². The Kier molecular flexibility index (Phi) is 1.99. The lowest BCUT2D eigenvalue weighted by atomic mass is 10.0. The first-order valence-corrected chi connectivity index (χ1v) is 3.64. The lowest BCUT2D eigenvalue weighted by Crippen LogP contribution is -1.93. The highest BCUT2D eigenvalue weighted by atomic mass is 14.6. The minimum Gasteiger partial charge on any atom is -0.398 e. The van der Waals surface area contributed by atoms with E-state index in [1.165, 1.54) is 5.56 Å². The first kappa shape index (κ1) is 7.86. The van der Waals surface area contributed by atoms with Crippen LogP contribution in [0.15, 0.2) is 18.7 Å². The number of anilines is 1. The van der Waals surface area contributed by atoms with Crippen molar-refractivity contribution in [3.63, 3.8) is 0 Å². The molecule has 0 heterocycles. The Hall–Kier alpha value is -1.24. The minimum atomic E-state index is 0.839. The van der Waals surface area contributed by atoms with E-state index in [2.05, 4.69) is 19.6 Å². The Morgan fingerprint density at radius 1 is 1.36 bits per heavy atom. The van der Waals surface area contributed by atoms with Crippen LogP contribution in [0.5, 0.6) is 0 Å². The molecule has 0 fully saturated rings. The highest BCUT2D eigenvalue weighted by Gasteiger charge is 1.98. The van der Waals surface area contributed by atoms with Gasteiger partial charge >= 0.3 is 0 Å². The molecule has 0 aliphatic heterocycles. The fourth-order valence-corrected chi connectivity index (χ4v) is 1.18. The molecule has 0 aliphatic rings. The Bertz CT molecular complexity index is 287. The number of aryl methyl sites for hydroxylation is 2. The van der Waals surface area contributed by atoms with Crippen molar-refractivity contribution in [2.45, 2.75) is 13.8 Å². The molecular formula is C10H13N. The Morgan fingerprint density at radius 3 is 2.55 bits per heavy atom. The first-order valence-electron chi connectivity index (χ1n) is 3.64. The number of nitrogens with two attached hydrogens (primary N) is 1. The summed E-state index contributed by atoms with van der Waals surface area (Å²) in [5.74, 6) is 0. The average Bonchev–Trinajstić information content (AvgIpc) is 1.96. The Balaban J connectivity index is 3.35. The summed E-state index contributed by atoms with van der Waals surface area (Å²) < 4.78 is 0. The van der Waals surface area contributed by atoms with E-state index in [0.29, 0.717) is 0 Å². The van der Waals surface area contributed by atoms with Gasteiger partial charge in [-0.25, -0.2) is 0 Å². The zero-order valence-corrected chi connectivity index (χ0v) is 7.02. The maximum Gasteiger partial charge on any atom is 0.0417 e. The van der Waals surface area contributed by atoms with Gasteiger partial charge in [-0.2, -0.15) is 0 Å². The summed E-state index contributed by atoms with van der Waals surface area (Å²) in [7, 11) is 0. The van der Waals surface area contributed by atoms with Crippen LogP contribution in [0.3, 0.4) is 0 Å². The van der Waals surface area contributed by atoms with Crippen LogP contribution in [-0.4, -0.2) is 0 Å². The molecule has 0 bridgehead atoms. The summed E-state index contributed by atoms with van der Waals surface area (Å²) in [5, 5.41) is 0. The van der Waals surface area contributed by atoms with E-state index in [9.17, 15) is 0 Å². The normalized spacial score (nSPS) is 9.64. The SMILES string of the molecule is C=Cc1cc(C)cc(C)c1N. The molecule has 1 aromatic rings. The summed E-state index contributed by atoms with van der Waals surface area (Å²) in [5.41, 5.74) is 10.0. The van der Waals surface area contributed by atoms with E-state index in [-0.39, 0.29) is 0 Å². The largest absolute Gasteiger partial charge is 0.398 e. The summed E-state index contributed by atoms with van der Waals surface area (Å²) in [4.78, 5) is 0. The van der Waals surface area contributed by atoms with Crippen molar-refractivity contribution in [3.8, 4) is 0 Å². The van der Waals surface area contributed by atoms with E-state index >= 15 is 0 Å². The monoisotopic (exact) mass is 147 g/mol. The van der Waals surface area contributed by atoms with Gasteiger partial charge in [0.2, 0.25) is 0 Å². The first-order chi connectivity index (χ1) is 5.15. The highest BCUT2D eigenvalue weighted by molar-refractivity contribution is 5.67. The van der Waals surface area contributed by atoms with Crippen molar-refractivity contribution in [1.29, 1.82) is 0 Å².